The smallest absolute Gasteiger partial charge is 0.306 e. The maximum absolute atomic E-state index is 12.1. The normalized spacial score (nSPS) is 11.8. The zero-order valence-electron chi connectivity index (χ0n) is 15.8. The van der Waals surface area contributed by atoms with Gasteiger partial charge in [-0.25, -0.2) is 4.98 Å². The van der Waals surface area contributed by atoms with Crippen molar-refractivity contribution in [3.05, 3.63) is 74.8 Å². The Labute approximate surface area is 165 Å². The fraction of sp³-hybridized carbons (Fsp3) is 0.250. The Kier molecular flexibility index (Phi) is 6.18. The summed E-state index contributed by atoms with van der Waals surface area (Å²) in [6.07, 6.45) is -0.155. The zero-order chi connectivity index (χ0) is 20.8. The van der Waals surface area contributed by atoms with Crippen LogP contribution < -0.4 is 10.9 Å². The molecular formula is C20H20N4O5. The number of hydrogen-bond acceptors (Lipinski definition) is 7. The molecule has 2 aromatic carbocycles. The zero-order valence-corrected chi connectivity index (χ0v) is 15.8. The molecule has 0 amide bonds. The lowest BCUT2D eigenvalue weighted by Crippen LogP contribution is -2.17. The quantitative estimate of drug-likeness (QED) is 0.259. The predicted molar refractivity (Wildman–Crippen MR) is 108 cm³/mol. The van der Waals surface area contributed by atoms with Crippen molar-refractivity contribution in [2.75, 3.05) is 11.9 Å². The number of esters is 1. The molecule has 29 heavy (non-hydrogen) atoms. The van der Waals surface area contributed by atoms with Crippen molar-refractivity contribution < 1.29 is 14.5 Å². The van der Waals surface area contributed by atoms with Gasteiger partial charge in [0.1, 0.15) is 5.69 Å². The van der Waals surface area contributed by atoms with Crippen LogP contribution in [0, 0.1) is 10.1 Å². The number of aromatic amines is 1. The fourth-order valence-electron chi connectivity index (χ4n) is 2.85. The molecule has 0 saturated heterocycles. The Morgan fingerprint density at radius 2 is 1.97 bits per heavy atom. The first-order valence-corrected chi connectivity index (χ1v) is 9.11. The molecule has 0 unspecified atom stereocenters. The predicted octanol–water partition coefficient (Wildman–Crippen LogP) is 3.33. The van der Waals surface area contributed by atoms with Gasteiger partial charge in [0.15, 0.2) is 11.9 Å². The van der Waals surface area contributed by atoms with Crippen LogP contribution in [-0.4, -0.2) is 27.4 Å². The summed E-state index contributed by atoms with van der Waals surface area (Å²) < 4.78 is 5.35. The number of rotatable bonds is 8. The van der Waals surface area contributed by atoms with Gasteiger partial charge in [-0.1, -0.05) is 24.3 Å². The molecule has 0 aliphatic rings. The molecule has 9 nitrogen and oxygen atoms in total. The number of ether oxygens (including phenoxy) is 1. The molecule has 0 fully saturated rings. The molecular weight excluding hydrogens is 376 g/mol. The summed E-state index contributed by atoms with van der Waals surface area (Å²) in [6, 6.07) is 13.2. The Balaban J connectivity index is 1.52. The molecule has 0 radical (unpaired) electrons. The minimum Gasteiger partial charge on any atom is -0.454 e. The Bertz CT molecular complexity index is 1100. The second kappa shape index (κ2) is 8.96. The molecule has 0 aliphatic carbocycles. The van der Waals surface area contributed by atoms with Crippen LogP contribution in [0.3, 0.4) is 0 Å². The van der Waals surface area contributed by atoms with E-state index in [1.165, 1.54) is 6.07 Å². The van der Waals surface area contributed by atoms with Gasteiger partial charge in [0, 0.05) is 19.0 Å². The van der Waals surface area contributed by atoms with Gasteiger partial charge in [0.05, 0.1) is 15.8 Å². The first-order valence-electron chi connectivity index (χ1n) is 9.11. The van der Waals surface area contributed by atoms with Crippen molar-refractivity contribution in [1.29, 1.82) is 0 Å². The maximum Gasteiger partial charge on any atom is 0.306 e. The van der Waals surface area contributed by atoms with Crippen LogP contribution in [-0.2, 0) is 9.53 Å². The van der Waals surface area contributed by atoms with Crippen LogP contribution in [0.2, 0.25) is 0 Å². The Morgan fingerprint density at radius 1 is 1.24 bits per heavy atom. The number of nitrogens with one attached hydrogen (secondary N) is 2. The number of benzene rings is 2. The van der Waals surface area contributed by atoms with Crippen molar-refractivity contribution in [1.82, 2.24) is 9.97 Å². The molecule has 3 rings (SSSR count). The van der Waals surface area contributed by atoms with Crippen LogP contribution >= 0.6 is 0 Å². The van der Waals surface area contributed by atoms with Crippen LogP contribution in [0.5, 0.6) is 0 Å². The summed E-state index contributed by atoms with van der Waals surface area (Å²) in [5.74, 6) is -0.169. The molecule has 9 heteroatoms. The summed E-state index contributed by atoms with van der Waals surface area (Å²) in [5, 5.41) is 14.4. The lowest BCUT2D eigenvalue weighted by Gasteiger charge is -2.13. The van der Waals surface area contributed by atoms with Crippen molar-refractivity contribution in [3.63, 3.8) is 0 Å². The minimum absolute atomic E-state index is 0.0185. The summed E-state index contributed by atoms with van der Waals surface area (Å²) in [6.45, 7) is 2.01. The van der Waals surface area contributed by atoms with Crippen molar-refractivity contribution >= 4 is 28.2 Å². The maximum atomic E-state index is 12.1. The topological polar surface area (TPSA) is 127 Å². The number of carbonyl (C=O) groups excluding carboxylic acids is 1. The number of nitro groups is 1. The monoisotopic (exact) mass is 396 g/mol. The second-order valence-electron chi connectivity index (χ2n) is 6.40. The van der Waals surface area contributed by atoms with E-state index in [-0.39, 0.29) is 23.5 Å². The van der Waals surface area contributed by atoms with E-state index in [9.17, 15) is 19.7 Å². The van der Waals surface area contributed by atoms with E-state index >= 15 is 0 Å². The number of anilines is 1. The number of carbonyl (C=O) groups is 1. The molecule has 0 aliphatic heterocycles. The number of H-pyrrole nitrogens is 1. The van der Waals surface area contributed by atoms with Gasteiger partial charge in [-0.05, 0) is 31.5 Å². The van der Waals surface area contributed by atoms with Crippen molar-refractivity contribution in [3.8, 4) is 0 Å². The van der Waals surface area contributed by atoms with Crippen molar-refractivity contribution in [2.45, 2.75) is 25.9 Å². The molecule has 0 saturated carbocycles. The highest BCUT2D eigenvalue weighted by atomic mass is 16.6. The third kappa shape index (κ3) is 4.95. The van der Waals surface area contributed by atoms with E-state index in [0.717, 1.165) is 0 Å². The van der Waals surface area contributed by atoms with Crippen LogP contribution in [0.4, 0.5) is 11.4 Å². The first kappa shape index (κ1) is 20.0. The molecule has 2 N–H and O–H groups in total. The average molecular weight is 396 g/mol. The van der Waals surface area contributed by atoms with E-state index in [4.69, 9.17) is 4.74 Å². The van der Waals surface area contributed by atoms with Gasteiger partial charge in [0.2, 0.25) is 0 Å². The highest BCUT2D eigenvalue weighted by Gasteiger charge is 2.16. The summed E-state index contributed by atoms with van der Waals surface area (Å²) >= 11 is 0. The number of para-hydroxylation sites is 3. The molecule has 1 atom stereocenters. The van der Waals surface area contributed by atoms with E-state index in [2.05, 4.69) is 15.3 Å². The van der Waals surface area contributed by atoms with E-state index < -0.39 is 17.0 Å². The third-order valence-electron chi connectivity index (χ3n) is 4.30. The molecule has 0 spiro atoms. The van der Waals surface area contributed by atoms with E-state index in [1.54, 1.807) is 49.4 Å². The molecule has 0 bridgehead atoms. The summed E-state index contributed by atoms with van der Waals surface area (Å²) in [4.78, 5) is 41.7. The number of nitrogens with zero attached hydrogens (tertiary/aromatic N) is 2. The van der Waals surface area contributed by atoms with Gasteiger partial charge in [-0.3, -0.25) is 19.7 Å². The largest absolute Gasteiger partial charge is 0.454 e. The van der Waals surface area contributed by atoms with Gasteiger partial charge in [0.25, 0.3) is 11.2 Å². The standard InChI is InChI=1S/C20H20N4O5/c1-13(19-22-15-8-3-2-7-14(15)20(26)23-19)29-18(25)11-6-12-21-16-9-4-5-10-17(16)24(27)28/h2-5,7-10,13,21H,6,11-12H2,1H3,(H,22,23,26)/t13-/m0/s1. The van der Waals surface area contributed by atoms with Crippen LogP contribution in [0.15, 0.2) is 53.3 Å². The molecule has 1 aromatic heterocycles. The second-order valence-corrected chi connectivity index (χ2v) is 6.40. The van der Waals surface area contributed by atoms with Crippen molar-refractivity contribution in [2.24, 2.45) is 0 Å². The van der Waals surface area contributed by atoms with Crippen LogP contribution in [0.25, 0.3) is 10.9 Å². The van der Waals surface area contributed by atoms with Gasteiger partial charge in [-0.2, -0.15) is 0 Å². The fourth-order valence-corrected chi connectivity index (χ4v) is 2.85. The number of fused-ring (bicyclic) bond motifs is 1. The lowest BCUT2D eigenvalue weighted by atomic mass is 10.2. The Morgan fingerprint density at radius 3 is 2.76 bits per heavy atom. The van der Waals surface area contributed by atoms with Gasteiger partial charge < -0.3 is 15.0 Å². The first-order chi connectivity index (χ1) is 14.0. The third-order valence-corrected chi connectivity index (χ3v) is 4.30. The van der Waals surface area contributed by atoms with Gasteiger partial charge in [-0.15, -0.1) is 0 Å². The van der Waals surface area contributed by atoms with E-state index in [0.29, 0.717) is 29.6 Å². The SMILES string of the molecule is C[C@H](OC(=O)CCCNc1ccccc1[N+](=O)[O-])c1nc2ccccc2c(=O)[nH]1. The lowest BCUT2D eigenvalue weighted by molar-refractivity contribution is -0.384. The number of aromatic nitrogens is 2. The number of nitro benzene ring substituents is 1. The van der Waals surface area contributed by atoms with E-state index in [1.807, 2.05) is 0 Å². The highest BCUT2D eigenvalue weighted by molar-refractivity contribution is 5.77. The van der Waals surface area contributed by atoms with Gasteiger partial charge >= 0.3 is 5.97 Å². The number of hydrogen-bond donors (Lipinski definition) is 2. The molecule has 3 aromatic rings. The summed E-state index contributed by atoms with van der Waals surface area (Å²) in [5.41, 5.74) is 0.622. The average Bonchev–Trinajstić information content (AvgIpc) is 2.71. The summed E-state index contributed by atoms with van der Waals surface area (Å²) in [7, 11) is 0. The Hall–Kier alpha value is -3.75. The molecule has 150 valence electrons. The molecule has 1 heterocycles. The van der Waals surface area contributed by atoms with Crippen LogP contribution in [0.1, 0.15) is 31.7 Å². The highest BCUT2D eigenvalue weighted by Crippen LogP contribution is 2.23. The minimum atomic E-state index is -0.706.